The first kappa shape index (κ1) is 21.2. The van der Waals surface area contributed by atoms with E-state index in [1.807, 2.05) is 44.2 Å². The topological polar surface area (TPSA) is 49.9 Å². The first-order valence-corrected chi connectivity index (χ1v) is 10.9. The third-order valence-electron chi connectivity index (χ3n) is 5.04. The normalized spacial score (nSPS) is 15.1. The van der Waals surface area contributed by atoms with E-state index in [0.29, 0.717) is 13.1 Å². The zero-order chi connectivity index (χ0) is 20.8. The molecule has 0 bridgehead atoms. The highest BCUT2D eigenvalue weighted by Crippen LogP contribution is 2.23. The molecule has 0 N–H and O–H groups in total. The second-order valence-corrected chi connectivity index (χ2v) is 8.35. The lowest BCUT2D eigenvalue weighted by molar-refractivity contribution is -0.157. The summed E-state index contributed by atoms with van der Waals surface area (Å²) < 4.78 is 5.40. The van der Waals surface area contributed by atoms with Gasteiger partial charge in [-0.3, -0.25) is 9.59 Å². The number of hydrogen-bond acceptors (Lipinski definition) is 5. The largest absolute Gasteiger partial charge is 0.452 e. The van der Waals surface area contributed by atoms with Crippen LogP contribution in [0.5, 0.6) is 0 Å². The number of amides is 1. The fraction of sp³-hybridized carbons (Fsp3) is 0.391. The van der Waals surface area contributed by atoms with Crippen molar-refractivity contribution >= 4 is 29.3 Å². The predicted octanol–water partition coefficient (Wildman–Crippen LogP) is 3.68. The molecule has 0 saturated carbocycles. The average molecular weight is 413 g/mol. The Bertz CT molecular complexity index is 848. The van der Waals surface area contributed by atoms with Gasteiger partial charge in [0.1, 0.15) is 0 Å². The van der Waals surface area contributed by atoms with E-state index in [4.69, 9.17) is 4.74 Å². The van der Waals surface area contributed by atoms with Crippen molar-refractivity contribution in [2.24, 2.45) is 0 Å². The SMILES string of the molecule is Cc1ccc(SCC(=O)O[C@H](C)C(=O)N2CCN(c3ccccc3)CC2)c(C)c1. The van der Waals surface area contributed by atoms with Crippen molar-refractivity contribution in [1.29, 1.82) is 0 Å². The summed E-state index contributed by atoms with van der Waals surface area (Å²) in [6.45, 7) is 8.55. The minimum atomic E-state index is -0.759. The number of esters is 1. The van der Waals surface area contributed by atoms with Crippen molar-refractivity contribution < 1.29 is 14.3 Å². The number of rotatable bonds is 6. The summed E-state index contributed by atoms with van der Waals surface area (Å²) >= 11 is 1.44. The summed E-state index contributed by atoms with van der Waals surface area (Å²) in [6, 6.07) is 16.3. The maximum Gasteiger partial charge on any atom is 0.317 e. The number of carbonyl (C=O) groups is 2. The molecule has 0 unspecified atom stereocenters. The molecule has 29 heavy (non-hydrogen) atoms. The van der Waals surface area contributed by atoms with Crippen LogP contribution in [0.15, 0.2) is 53.4 Å². The number of aryl methyl sites for hydroxylation is 2. The molecule has 1 fully saturated rings. The highest BCUT2D eigenvalue weighted by Gasteiger charge is 2.27. The molecule has 154 valence electrons. The maximum atomic E-state index is 12.7. The van der Waals surface area contributed by atoms with E-state index in [9.17, 15) is 9.59 Å². The second-order valence-electron chi connectivity index (χ2n) is 7.34. The lowest BCUT2D eigenvalue weighted by Gasteiger charge is -2.37. The number of ether oxygens (including phenoxy) is 1. The van der Waals surface area contributed by atoms with Crippen molar-refractivity contribution in [3.05, 3.63) is 59.7 Å². The van der Waals surface area contributed by atoms with Crippen LogP contribution in [0.2, 0.25) is 0 Å². The molecule has 0 spiro atoms. The van der Waals surface area contributed by atoms with Crippen LogP contribution < -0.4 is 4.90 Å². The standard InChI is InChI=1S/C23H28N2O3S/c1-17-9-10-21(18(2)15-17)29-16-22(26)28-19(3)23(27)25-13-11-24(12-14-25)20-7-5-4-6-8-20/h4-10,15,19H,11-14,16H2,1-3H3/t19-/m1/s1. The number of piperazine rings is 1. The Morgan fingerprint density at radius 3 is 2.38 bits per heavy atom. The smallest absolute Gasteiger partial charge is 0.317 e. The summed E-state index contributed by atoms with van der Waals surface area (Å²) in [6.07, 6.45) is -0.759. The van der Waals surface area contributed by atoms with Crippen molar-refractivity contribution in [3.8, 4) is 0 Å². The molecule has 1 aliphatic heterocycles. The fourth-order valence-electron chi connectivity index (χ4n) is 3.46. The van der Waals surface area contributed by atoms with Crippen LogP contribution in [-0.4, -0.2) is 54.8 Å². The Balaban J connectivity index is 1.44. The summed E-state index contributed by atoms with van der Waals surface area (Å²) in [5.41, 5.74) is 3.51. The number of thioether (sulfide) groups is 1. The van der Waals surface area contributed by atoms with Gasteiger partial charge in [-0.2, -0.15) is 0 Å². The summed E-state index contributed by atoms with van der Waals surface area (Å²) in [7, 11) is 0. The molecule has 6 heteroatoms. The third kappa shape index (κ3) is 5.76. The molecule has 0 radical (unpaired) electrons. The molecule has 5 nitrogen and oxygen atoms in total. The van der Waals surface area contributed by atoms with Crippen molar-refractivity contribution in [1.82, 2.24) is 4.90 Å². The first-order chi connectivity index (χ1) is 13.9. The van der Waals surface area contributed by atoms with Gasteiger partial charge in [-0.15, -0.1) is 11.8 Å². The fourth-order valence-corrected chi connectivity index (χ4v) is 4.25. The molecule has 0 aromatic heterocycles. The molecule has 1 amide bonds. The van der Waals surface area contributed by atoms with E-state index in [1.54, 1.807) is 11.8 Å². The van der Waals surface area contributed by atoms with Crippen LogP contribution in [0.3, 0.4) is 0 Å². The Morgan fingerprint density at radius 1 is 1.03 bits per heavy atom. The van der Waals surface area contributed by atoms with Gasteiger partial charge in [-0.1, -0.05) is 35.9 Å². The van der Waals surface area contributed by atoms with Crippen molar-refractivity contribution in [2.75, 3.05) is 36.8 Å². The number of carbonyl (C=O) groups excluding carboxylic acids is 2. The van der Waals surface area contributed by atoms with Crippen molar-refractivity contribution in [3.63, 3.8) is 0 Å². The second kappa shape index (κ2) is 9.83. The van der Waals surface area contributed by atoms with Crippen LogP contribution in [0.4, 0.5) is 5.69 Å². The zero-order valence-electron chi connectivity index (χ0n) is 17.3. The van der Waals surface area contributed by atoms with Gasteiger partial charge in [0.2, 0.25) is 0 Å². The van der Waals surface area contributed by atoms with Gasteiger partial charge in [0.25, 0.3) is 5.91 Å². The predicted molar refractivity (Wildman–Crippen MR) is 117 cm³/mol. The van der Waals surface area contributed by atoms with Gasteiger partial charge >= 0.3 is 5.97 Å². The summed E-state index contributed by atoms with van der Waals surface area (Å²) in [5, 5.41) is 0. The number of hydrogen-bond donors (Lipinski definition) is 0. The van der Waals surface area contributed by atoms with Gasteiger partial charge in [-0.25, -0.2) is 0 Å². The van der Waals surface area contributed by atoms with E-state index in [2.05, 4.69) is 23.1 Å². The highest BCUT2D eigenvalue weighted by atomic mass is 32.2. The Hall–Kier alpha value is -2.47. The van der Waals surface area contributed by atoms with Crippen LogP contribution in [0, 0.1) is 13.8 Å². The Labute approximate surface area is 177 Å². The third-order valence-corrected chi connectivity index (χ3v) is 6.19. The van der Waals surface area contributed by atoms with Gasteiger partial charge in [0, 0.05) is 36.8 Å². The number of nitrogens with zero attached hydrogens (tertiary/aromatic N) is 2. The molecule has 0 aliphatic carbocycles. The van der Waals surface area contributed by atoms with Crippen LogP contribution in [-0.2, 0) is 14.3 Å². The van der Waals surface area contributed by atoms with Crippen LogP contribution >= 0.6 is 11.8 Å². The average Bonchev–Trinajstić information content (AvgIpc) is 2.73. The minimum Gasteiger partial charge on any atom is -0.452 e. The summed E-state index contributed by atoms with van der Waals surface area (Å²) in [5.74, 6) is -0.287. The molecule has 3 rings (SSSR count). The molecule has 2 aromatic carbocycles. The lowest BCUT2D eigenvalue weighted by atomic mass is 10.2. The minimum absolute atomic E-state index is 0.123. The molecule has 1 aliphatic rings. The quantitative estimate of drug-likeness (QED) is 0.535. The van der Waals surface area contributed by atoms with Gasteiger partial charge in [-0.05, 0) is 44.5 Å². The monoisotopic (exact) mass is 412 g/mol. The maximum absolute atomic E-state index is 12.7. The number of benzene rings is 2. The van der Waals surface area contributed by atoms with Gasteiger partial charge < -0.3 is 14.5 Å². The molecule has 1 saturated heterocycles. The van der Waals surface area contributed by atoms with E-state index >= 15 is 0 Å². The molecule has 1 atom stereocenters. The zero-order valence-corrected chi connectivity index (χ0v) is 18.1. The highest BCUT2D eigenvalue weighted by molar-refractivity contribution is 8.00. The molecular formula is C23H28N2O3S. The van der Waals surface area contributed by atoms with E-state index in [-0.39, 0.29) is 17.6 Å². The number of anilines is 1. The summed E-state index contributed by atoms with van der Waals surface area (Å²) in [4.78, 5) is 30.0. The van der Waals surface area contributed by atoms with E-state index < -0.39 is 6.10 Å². The van der Waals surface area contributed by atoms with E-state index in [0.717, 1.165) is 23.5 Å². The molecule has 2 aromatic rings. The van der Waals surface area contributed by atoms with Crippen molar-refractivity contribution in [2.45, 2.75) is 31.8 Å². The molecule has 1 heterocycles. The lowest BCUT2D eigenvalue weighted by Crippen LogP contribution is -2.51. The van der Waals surface area contributed by atoms with Gasteiger partial charge in [0.05, 0.1) is 5.75 Å². The van der Waals surface area contributed by atoms with Gasteiger partial charge in [0.15, 0.2) is 6.10 Å². The Morgan fingerprint density at radius 2 is 1.72 bits per heavy atom. The molecular weight excluding hydrogens is 384 g/mol. The number of para-hydroxylation sites is 1. The Kier molecular flexibility index (Phi) is 7.20. The van der Waals surface area contributed by atoms with Crippen LogP contribution in [0.25, 0.3) is 0 Å². The van der Waals surface area contributed by atoms with E-state index in [1.165, 1.54) is 23.0 Å². The first-order valence-electron chi connectivity index (χ1n) is 9.92. The van der Waals surface area contributed by atoms with Crippen LogP contribution in [0.1, 0.15) is 18.1 Å².